The molecule has 66 valence electrons. The van der Waals surface area contributed by atoms with Crippen molar-refractivity contribution in [2.75, 3.05) is 7.11 Å². The van der Waals surface area contributed by atoms with Gasteiger partial charge in [0.2, 0.25) is 0 Å². The Bertz CT molecular complexity index is 344. The summed E-state index contributed by atoms with van der Waals surface area (Å²) in [6.45, 7) is 0. The molecule has 0 saturated carbocycles. The maximum Gasteiger partial charge on any atom is 0.118 e. The molecule has 0 N–H and O–H groups in total. The van der Waals surface area contributed by atoms with Gasteiger partial charge in [-0.1, -0.05) is 30.4 Å². The Balaban J connectivity index is 2.23. The Kier molecular flexibility index (Phi) is 2.17. The highest BCUT2D eigenvalue weighted by Crippen LogP contribution is 2.24. The van der Waals surface area contributed by atoms with E-state index in [1.54, 1.807) is 7.11 Å². The van der Waals surface area contributed by atoms with Crippen molar-refractivity contribution in [1.82, 2.24) is 0 Å². The first-order valence-corrected chi connectivity index (χ1v) is 4.40. The monoisotopic (exact) mass is 172 g/mol. The molecule has 0 spiro atoms. The summed E-state index contributed by atoms with van der Waals surface area (Å²) in [5.41, 5.74) is 2.66. The average Bonchev–Trinajstić information content (AvgIpc) is 2.71. The first kappa shape index (κ1) is 8.11. The SMILES string of the molecule is COc1ccc(C2=CC=CC2)cc1. The van der Waals surface area contributed by atoms with Gasteiger partial charge in [0.1, 0.15) is 5.75 Å². The molecular formula is C12H12O. The number of benzene rings is 1. The molecule has 2 rings (SSSR count). The molecule has 0 saturated heterocycles. The van der Waals surface area contributed by atoms with E-state index in [-0.39, 0.29) is 0 Å². The van der Waals surface area contributed by atoms with Gasteiger partial charge in [0, 0.05) is 0 Å². The molecule has 0 aromatic heterocycles. The number of hydrogen-bond acceptors (Lipinski definition) is 1. The van der Waals surface area contributed by atoms with Gasteiger partial charge < -0.3 is 4.74 Å². The topological polar surface area (TPSA) is 9.23 Å². The third-order valence-corrected chi connectivity index (χ3v) is 2.23. The molecule has 0 fully saturated rings. The molecule has 1 aliphatic rings. The molecule has 13 heavy (non-hydrogen) atoms. The third-order valence-electron chi connectivity index (χ3n) is 2.23. The van der Waals surface area contributed by atoms with Gasteiger partial charge in [0.15, 0.2) is 0 Å². The van der Waals surface area contributed by atoms with E-state index in [1.807, 2.05) is 12.1 Å². The van der Waals surface area contributed by atoms with E-state index >= 15 is 0 Å². The summed E-state index contributed by atoms with van der Waals surface area (Å²) in [7, 11) is 1.69. The van der Waals surface area contributed by atoms with Crippen molar-refractivity contribution in [2.45, 2.75) is 6.42 Å². The van der Waals surface area contributed by atoms with Crippen LogP contribution in [0.25, 0.3) is 5.57 Å². The van der Waals surface area contributed by atoms with Gasteiger partial charge in [-0.25, -0.2) is 0 Å². The molecular weight excluding hydrogens is 160 g/mol. The average molecular weight is 172 g/mol. The maximum absolute atomic E-state index is 5.10. The summed E-state index contributed by atoms with van der Waals surface area (Å²) >= 11 is 0. The van der Waals surface area contributed by atoms with Crippen LogP contribution < -0.4 is 4.74 Å². The Morgan fingerprint density at radius 2 is 1.92 bits per heavy atom. The van der Waals surface area contributed by atoms with Crippen LogP contribution in [0, 0.1) is 0 Å². The van der Waals surface area contributed by atoms with E-state index in [4.69, 9.17) is 4.74 Å². The van der Waals surface area contributed by atoms with Crippen LogP contribution in [-0.4, -0.2) is 7.11 Å². The van der Waals surface area contributed by atoms with Gasteiger partial charge in [0.25, 0.3) is 0 Å². The molecule has 1 aliphatic carbocycles. The van der Waals surface area contributed by atoms with E-state index in [0.717, 1.165) is 12.2 Å². The number of methoxy groups -OCH3 is 1. The first-order chi connectivity index (χ1) is 6.40. The zero-order valence-corrected chi connectivity index (χ0v) is 7.66. The lowest BCUT2D eigenvalue weighted by atomic mass is 10.1. The van der Waals surface area contributed by atoms with E-state index in [9.17, 15) is 0 Å². The number of hydrogen-bond donors (Lipinski definition) is 0. The van der Waals surface area contributed by atoms with Gasteiger partial charge in [-0.2, -0.15) is 0 Å². The Labute approximate surface area is 78.3 Å². The van der Waals surface area contributed by atoms with Crippen molar-refractivity contribution < 1.29 is 4.74 Å². The molecule has 0 amide bonds. The van der Waals surface area contributed by atoms with Gasteiger partial charge >= 0.3 is 0 Å². The van der Waals surface area contributed by atoms with Crippen LogP contribution >= 0.6 is 0 Å². The number of rotatable bonds is 2. The molecule has 1 aromatic carbocycles. The molecule has 1 aromatic rings. The first-order valence-electron chi connectivity index (χ1n) is 4.40. The van der Waals surface area contributed by atoms with Crippen molar-refractivity contribution >= 4 is 5.57 Å². The van der Waals surface area contributed by atoms with Crippen LogP contribution in [0.2, 0.25) is 0 Å². The summed E-state index contributed by atoms with van der Waals surface area (Å²) < 4.78 is 5.10. The van der Waals surface area contributed by atoms with E-state index < -0.39 is 0 Å². The lowest BCUT2D eigenvalue weighted by Crippen LogP contribution is -1.84. The number of ether oxygens (including phenoxy) is 1. The number of allylic oxidation sites excluding steroid dienone is 4. The lowest BCUT2D eigenvalue weighted by molar-refractivity contribution is 0.415. The fraction of sp³-hybridized carbons (Fsp3) is 0.167. The fourth-order valence-corrected chi connectivity index (χ4v) is 1.47. The van der Waals surface area contributed by atoms with Gasteiger partial charge in [-0.3, -0.25) is 0 Å². The molecule has 0 aliphatic heterocycles. The highest BCUT2D eigenvalue weighted by atomic mass is 16.5. The molecule has 1 nitrogen and oxygen atoms in total. The molecule has 1 heteroatoms. The van der Waals surface area contributed by atoms with E-state index in [0.29, 0.717) is 0 Å². The quantitative estimate of drug-likeness (QED) is 0.666. The molecule has 0 bridgehead atoms. The van der Waals surface area contributed by atoms with Gasteiger partial charge in [0.05, 0.1) is 7.11 Å². The van der Waals surface area contributed by atoms with Crippen molar-refractivity contribution in [3.8, 4) is 5.75 Å². The standard InChI is InChI=1S/C12H12O/c1-13-12-8-6-11(7-9-12)10-4-2-3-5-10/h2-4,6-9H,5H2,1H3. The van der Waals surface area contributed by atoms with Crippen LogP contribution in [0.15, 0.2) is 42.5 Å². The second-order valence-electron chi connectivity index (χ2n) is 3.05. The Hall–Kier alpha value is -1.50. The largest absolute Gasteiger partial charge is 0.497 e. The summed E-state index contributed by atoms with van der Waals surface area (Å²) in [6.07, 6.45) is 7.47. The summed E-state index contributed by atoms with van der Waals surface area (Å²) in [5, 5.41) is 0. The summed E-state index contributed by atoms with van der Waals surface area (Å²) in [6, 6.07) is 8.18. The molecule has 0 radical (unpaired) electrons. The predicted molar refractivity (Wildman–Crippen MR) is 54.7 cm³/mol. The van der Waals surface area contributed by atoms with Crippen LogP contribution in [0.3, 0.4) is 0 Å². The van der Waals surface area contributed by atoms with E-state index in [1.165, 1.54) is 11.1 Å². The molecule has 0 unspecified atom stereocenters. The smallest absolute Gasteiger partial charge is 0.118 e. The minimum Gasteiger partial charge on any atom is -0.497 e. The zero-order chi connectivity index (χ0) is 9.10. The van der Waals surface area contributed by atoms with Crippen LogP contribution in [0.1, 0.15) is 12.0 Å². The van der Waals surface area contributed by atoms with Crippen molar-refractivity contribution in [3.63, 3.8) is 0 Å². The molecule has 0 atom stereocenters. The highest BCUT2D eigenvalue weighted by molar-refractivity contribution is 5.71. The summed E-state index contributed by atoms with van der Waals surface area (Å²) in [4.78, 5) is 0. The minimum absolute atomic E-state index is 0.912. The second kappa shape index (κ2) is 3.48. The molecule has 0 heterocycles. The van der Waals surface area contributed by atoms with Gasteiger partial charge in [-0.15, -0.1) is 0 Å². The maximum atomic E-state index is 5.10. The highest BCUT2D eigenvalue weighted by Gasteiger charge is 2.02. The fourth-order valence-electron chi connectivity index (χ4n) is 1.47. The predicted octanol–water partition coefficient (Wildman–Crippen LogP) is 3.04. The Morgan fingerprint density at radius 1 is 1.15 bits per heavy atom. The minimum atomic E-state index is 0.912. The van der Waals surface area contributed by atoms with Crippen molar-refractivity contribution in [3.05, 3.63) is 48.1 Å². The van der Waals surface area contributed by atoms with Crippen LogP contribution in [0.5, 0.6) is 5.75 Å². The van der Waals surface area contributed by atoms with E-state index in [2.05, 4.69) is 30.4 Å². The van der Waals surface area contributed by atoms with Crippen molar-refractivity contribution in [1.29, 1.82) is 0 Å². The lowest BCUT2D eigenvalue weighted by Gasteiger charge is -2.03. The second-order valence-corrected chi connectivity index (χ2v) is 3.05. The van der Waals surface area contributed by atoms with Crippen LogP contribution in [-0.2, 0) is 0 Å². The summed E-state index contributed by atoms with van der Waals surface area (Å²) in [5.74, 6) is 0.912. The zero-order valence-electron chi connectivity index (χ0n) is 7.66. The normalized spacial score (nSPS) is 14.4. The van der Waals surface area contributed by atoms with Gasteiger partial charge in [-0.05, 0) is 29.7 Å². The third kappa shape index (κ3) is 1.64. The Morgan fingerprint density at radius 3 is 2.46 bits per heavy atom. The van der Waals surface area contributed by atoms with Crippen LogP contribution in [0.4, 0.5) is 0 Å². The van der Waals surface area contributed by atoms with Crippen molar-refractivity contribution in [2.24, 2.45) is 0 Å².